The maximum Gasteiger partial charge on any atom is 0.161 e. The molecule has 0 radical (unpaired) electrons. The molecule has 1 aliphatic rings. The molecule has 0 aliphatic carbocycles. The van der Waals surface area contributed by atoms with Gasteiger partial charge in [-0.25, -0.2) is 4.39 Å². The van der Waals surface area contributed by atoms with Crippen LogP contribution in [-0.4, -0.2) is 31.8 Å². The van der Waals surface area contributed by atoms with Crippen molar-refractivity contribution >= 4 is 12.1 Å². The molecule has 0 aromatic heterocycles. The van der Waals surface area contributed by atoms with Crippen LogP contribution < -0.4 is 14.9 Å². The lowest BCUT2D eigenvalue weighted by molar-refractivity contribution is 0.353. The monoisotopic (exact) mass is 355 g/mol. The second-order valence-electron chi connectivity index (χ2n) is 6.74. The Morgan fingerprint density at radius 3 is 2.42 bits per heavy atom. The predicted octanol–water partition coefficient (Wildman–Crippen LogP) is 3.55. The normalized spacial score (nSPS) is 15.3. The lowest BCUT2D eigenvalue weighted by Gasteiger charge is -2.29. The first-order valence-corrected chi connectivity index (χ1v) is 8.31. The molecule has 0 saturated heterocycles. The fraction of sp³-hybridized carbons (Fsp3) is 0.300. The molecule has 3 rings (SSSR count). The second-order valence-corrected chi connectivity index (χ2v) is 6.74. The van der Waals surface area contributed by atoms with Gasteiger partial charge in [-0.15, -0.1) is 0 Å². The maximum absolute atomic E-state index is 13.0. The van der Waals surface area contributed by atoms with E-state index in [0.29, 0.717) is 17.3 Å². The summed E-state index contributed by atoms with van der Waals surface area (Å²) in [5, 5.41) is 4.26. The van der Waals surface area contributed by atoms with Crippen LogP contribution in [0.15, 0.2) is 46.5 Å². The van der Waals surface area contributed by atoms with E-state index in [-0.39, 0.29) is 11.4 Å². The van der Waals surface area contributed by atoms with E-state index in [1.807, 2.05) is 12.1 Å². The zero-order valence-corrected chi connectivity index (χ0v) is 15.3. The first kappa shape index (κ1) is 17.9. The Morgan fingerprint density at radius 2 is 1.77 bits per heavy atom. The number of hydrogen-bond acceptors (Lipinski definition) is 5. The summed E-state index contributed by atoms with van der Waals surface area (Å²) in [5.41, 5.74) is 5.59. The number of benzene rings is 2. The molecule has 2 aromatic carbocycles. The summed E-state index contributed by atoms with van der Waals surface area (Å²) in [5.74, 6) is 1.72. The van der Waals surface area contributed by atoms with Crippen LogP contribution >= 0.6 is 0 Å². The number of rotatable bonds is 4. The van der Waals surface area contributed by atoms with E-state index in [0.717, 1.165) is 23.1 Å². The molecule has 6 heteroatoms. The zero-order chi connectivity index (χ0) is 18.7. The van der Waals surface area contributed by atoms with Gasteiger partial charge in [-0.2, -0.15) is 5.10 Å². The predicted molar refractivity (Wildman–Crippen MR) is 101 cm³/mol. The fourth-order valence-electron chi connectivity index (χ4n) is 2.96. The van der Waals surface area contributed by atoms with Gasteiger partial charge in [0.15, 0.2) is 11.5 Å². The van der Waals surface area contributed by atoms with Crippen molar-refractivity contribution < 1.29 is 13.9 Å². The molecule has 0 bridgehead atoms. The van der Waals surface area contributed by atoms with Crippen LogP contribution in [0.25, 0.3) is 0 Å². The minimum Gasteiger partial charge on any atom is -0.493 e. The Hall–Kier alpha value is -2.89. The Bertz CT molecular complexity index is 858. The molecule has 0 saturated carbocycles. The number of nitrogens with zero attached hydrogens (tertiary/aromatic N) is 2. The highest BCUT2D eigenvalue weighted by atomic mass is 19.1. The Kier molecular flexibility index (Phi) is 4.93. The summed E-state index contributed by atoms with van der Waals surface area (Å²) >= 11 is 0. The number of methoxy groups -OCH3 is 2. The molecule has 1 N–H and O–H groups in total. The maximum atomic E-state index is 13.0. The van der Waals surface area contributed by atoms with Crippen LogP contribution in [0.5, 0.6) is 11.5 Å². The molecule has 136 valence electrons. The number of nitrogens with one attached hydrogen (secondary N) is 1. The van der Waals surface area contributed by atoms with Crippen molar-refractivity contribution in [1.82, 2.24) is 5.43 Å². The number of hydrogen-bond donors (Lipinski definition) is 1. The Morgan fingerprint density at radius 1 is 1.12 bits per heavy atom. The minimum absolute atomic E-state index is 0.264. The number of hydrazone groups is 1. The third kappa shape index (κ3) is 3.85. The summed E-state index contributed by atoms with van der Waals surface area (Å²) < 4.78 is 23.8. The molecule has 0 atom stereocenters. The largest absolute Gasteiger partial charge is 0.493 e. The lowest BCUT2D eigenvalue weighted by atomic mass is 9.88. The van der Waals surface area contributed by atoms with Crippen molar-refractivity contribution in [3.8, 4) is 11.5 Å². The summed E-state index contributed by atoms with van der Waals surface area (Å²) in [4.78, 5) is 4.77. The van der Waals surface area contributed by atoms with E-state index in [9.17, 15) is 4.39 Å². The quantitative estimate of drug-likeness (QED) is 0.674. The summed E-state index contributed by atoms with van der Waals surface area (Å²) in [6.07, 6.45) is 2.42. The molecule has 1 heterocycles. The van der Waals surface area contributed by atoms with Gasteiger partial charge in [0.2, 0.25) is 0 Å². The van der Waals surface area contributed by atoms with Crippen molar-refractivity contribution in [3.05, 3.63) is 58.9 Å². The highest BCUT2D eigenvalue weighted by molar-refractivity contribution is 6.02. The number of halogens is 1. The van der Waals surface area contributed by atoms with Crippen LogP contribution in [0.2, 0.25) is 0 Å². The van der Waals surface area contributed by atoms with Gasteiger partial charge >= 0.3 is 0 Å². The van der Waals surface area contributed by atoms with Crippen molar-refractivity contribution in [2.45, 2.75) is 25.8 Å². The SMILES string of the molecule is COc1cc2c(cc1OC)C(NN=Cc1ccc(F)cc1)=NC(C)(C)C2. The molecule has 5 nitrogen and oxygen atoms in total. The lowest BCUT2D eigenvalue weighted by Crippen LogP contribution is -2.34. The van der Waals surface area contributed by atoms with Crippen molar-refractivity contribution in [2.75, 3.05) is 14.2 Å². The minimum atomic E-state index is -0.275. The second kappa shape index (κ2) is 7.15. The van der Waals surface area contributed by atoms with E-state index in [4.69, 9.17) is 14.5 Å². The van der Waals surface area contributed by atoms with E-state index in [1.165, 1.54) is 12.1 Å². The molecule has 0 spiro atoms. The van der Waals surface area contributed by atoms with E-state index >= 15 is 0 Å². The van der Waals surface area contributed by atoms with Gasteiger partial charge in [0.05, 0.1) is 26.0 Å². The van der Waals surface area contributed by atoms with Gasteiger partial charge < -0.3 is 9.47 Å². The summed E-state index contributed by atoms with van der Waals surface area (Å²) in [6.45, 7) is 4.13. The molecule has 26 heavy (non-hydrogen) atoms. The van der Waals surface area contributed by atoms with Crippen LogP contribution in [0.4, 0.5) is 4.39 Å². The third-order valence-electron chi connectivity index (χ3n) is 4.16. The molecule has 0 unspecified atom stereocenters. The van der Waals surface area contributed by atoms with Crippen molar-refractivity contribution in [1.29, 1.82) is 0 Å². The number of fused-ring (bicyclic) bond motifs is 1. The molecule has 0 amide bonds. The van der Waals surface area contributed by atoms with E-state index < -0.39 is 0 Å². The first-order chi connectivity index (χ1) is 12.4. The molecular weight excluding hydrogens is 333 g/mol. The zero-order valence-electron chi connectivity index (χ0n) is 15.3. The van der Waals surface area contributed by atoms with Gasteiger partial charge in [-0.3, -0.25) is 10.4 Å². The van der Waals surface area contributed by atoms with Gasteiger partial charge in [-0.1, -0.05) is 12.1 Å². The van der Waals surface area contributed by atoms with Crippen LogP contribution in [0, 0.1) is 5.82 Å². The molecule has 1 aliphatic heterocycles. The highest BCUT2D eigenvalue weighted by Gasteiger charge is 2.28. The third-order valence-corrected chi connectivity index (χ3v) is 4.16. The fourth-order valence-corrected chi connectivity index (χ4v) is 2.96. The van der Waals surface area contributed by atoms with Crippen LogP contribution in [-0.2, 0) is 6.42 Å². The Balaban J connectivity index is 1.91. The highest BCUT2D eigenvalue weighted by Crippen LogP contribution is 2.35. The van der Waals surface area contributed by atoms with Crippen LogP contribution in [0.1, 0.15) is 30.5 Å². The summed E-state index contributed by atoms with van der Waals surface area (Å²) in [6, 6.07) is 10.0. The number of amidine groups is 1. The van der Waals surface area contributed by atoms with E-state index in [1.54, 1.807) is 32.6 Å². The smallest absolute Gasteiger partial charge is 0.161 e. The van der Waals surface area contributed by atoms with Gasteiger partial charge in [-0.05, 0) is 55.7 Å². The number of ether oxygens (including phenoxy) is 2. The number of aliphatic imine (C=N–C) groups is 1. The first-order valence-electron chi connectivity index (χ1n) is 8.31. The summed E-state index contributed by atoms with van der Waals surface area (Å²) in [7, 11) is 3.23. The van der Waals surface area contributed by atoms with Gasteiger partial charge in [0, 0.05) is 5.56 Å². The Labute approximate surface area is 152 Å². The van der Waals surface area contributed by atoms with Crippen LogP contribution in [0.3, 0.4) is 0 Å². The average molecular weight is 355 g/mol. The van der Waals surface area contributed by atoms with Crippen molar-refractivity contribution in [2.24, 2.45) is 10.1 Å². The standard InChI is InChI=1S/C20H22FN3O2/c1-20(2)11-14-9-17(25-3)18(26-4)10-16(14)19(23-20)24-22-12-13-5-7-15(21)8-6-13/h5-10,12H,11H2,1-4H3,(H,23,24). The molecule has 2 aromatic rings. The van der Waals surface area contributed by atoms with E-state index in [2.05, 4.69) is 24.4 Å². The van der Waals surface area contributed by atoms with Gasteiger partial charge in [0.25, 0.3) is 0 Å². The molecule has 0 fully saturated rings. The average Bonchev–Trinajstić information content (AvgIpc) is 2.61. The van der Waals surface area contributed by atoms with Gasteiger partial charge in [0.1, 0.15) is 11.7 Å². The van der Waals surface area contributed by atoms with Crippen molar-refractivity contribution in [3.63, 3.8) is 0 Å². The topological polar surface area (TPSA) is 55.2 Å². The molecular formula is C20H22FN3O2.